The van der Waals surface area contributed by atoms with Crippen LogP contribution in [0.15, 0.2) is 35.7 Å². The van der Waals surface area contributed by atoms with Crippen LogP contribution in [0.1, 0.15) is 12.5 Å². The zero-order valence-electron chi connectivity index (χ0n) is 13.1. The topological polar surface area (TPSA) is 88.9 Å². The molecule has 0 fully saturated rings. The number of rotatable bonds is 7. The monoisotopic (exact) mass is 333 g/mol. The molecule has 23 heavy (non-hydrogen) atoms. The number of aryl methyl sites for hydroxylation is 2. The minimum atomic E-state index is -0.247. The first kappa shape index (κ1) is 17.0. The quantitative estimate of drug-likeness (QED) is 0.744. The molecule has 0 aliphatic carbocycles. The molecule has 2 aromatic rings. The predicted octanol–water partition coefficient (Wildman–Crippen LogP) is 1.22. The van der Waals surface area contributed by atoms with Crippen LogP contribution in [0.5, 0.6) is 0 Å². The number of anilines is 1. The van der Waals surface area contributed by atoms with Gasteiger partial charge in [0.2, 0.25) is 11.8 Å². The molecule has 0 aliphatic rings. The number of aromatic nitrogens is 3. The minimum Gasteiger partial charge on any atom is -0.346 e. The third-order valence-corrected chi connectivity index (χ3v) is 4.16. The molecule has 0 atom stereocenters. The maximum atomic E-state index is 11.9. The van der Waals surface area contributed by atoms with Crippen molar-refractivity contribution in [2.75, 3.05) is 17.6 Å². The summed E-state index contributed by atoms with van der Waals surface area (Å²) in [5, 5.41) is 13.7. The fourth-order valence-corrected chi connectivity index (χ4v) is 2.63. The smallest absolute Gasteiger partial charge is 0.243 e. The molecule has 1 aromatic carbocycles. The highest BCUT2D eigenvalue weighted by molar-refractivity contribution is 7.99. The van der Waals surface area contributed by atoms with Gasteiger partial charge in [0.1, 0.15) is 6.33 Å². The van der Waals surface area contributed by atoms with Crippen molar-refractivity contribution >= 4 is 29.3 Å². The molecule has 2 amide bonds. The van der Waals surface area contributed by atoms with Crippen molar-refractivity contribution in [3.8, 4) is 0 Å². The van der Waals surface area contributed by atoms with Crippen LogP contribution in [0.3, 0.4) is 0 Å². The molecule has 122 valence electrons. The minimum absolute atomic E-state index is 0.0593. The van der Waals surface area contributed by atoms with E-state index in [9.17, 15) is 9.59 Å². The Labute approximate surface area is 138 Å². The molecule has 1 heterocycles. The summed E-state index contributed by atoms with van der Waals surface area (Å²) < 4.78 is 1.73. The molecule has 2 N–H and O–H groups in total. The third kappa shape index (κ3) is 5.10. The average Bonchev–Trinajstić information content (AvgIpc) is 2.96. The highest BCUT2D eigenvalue weighted by Gasteiger charge is 2.10. The lowest BCUT2D eigenvalue weighted by Crippen LogP contribution is -2.34. The molecular weight excluding hydrogens is 314 g/mol. The second-order valence-corrected chi connectivity index (χ2v) is 5.79. The molecule has 0 radical (unpaired) electrons. The highest BCUT2D eigenvalue weighted by atomic mass is 32.2. The Hall–Kier alpha value is -2.35. The van der Waals surface area contributed by atoms with Gasteiger partial charge in [0.25, 0.3) is 0 Å². The molecule has 2 rings (SSSR count). The van der Waals surface area contributed by atoms with Gasteiger partial charge in [-0.25, -0.2) is 0 Å². The van der Waals surface area contributed by atoms with Crippen molar-refractivity contribution in [1.82, 2.24) is 20.1 Å². The molecule has 1 aromatic heterocycles. The molecule has 8 heteroatoms. The molecule has 0 spiro atoms. The summed E-state index contributed by atoms with van der Waals surface area (Å²) in [7, 11) is 1.80. The number of amides is 2. The Morgan fingerprint density at radius 1 is 1.26 bits per heavy atom. The summed E-state index contributed by atoms with van der Waals surface area (Å²) in [5.41, 5.74) is 1.84. The number of carbonyl (C=O) groups is 2. The van der Waals surface area contributed by atoms with Crippen molar-refractivity contribution in [2.24, 2.45) is 7.05 Å². The summed E-state index contributed by atoms with van der Waals surface area (Å²) in [6, 6.07) is 7.61. The number of benzene rings is 1. The van der Waals surface area contributed by atoms with Gasteiger partial charge < -0.3 is 15.2 Å². The number of thioether (sulfide) groups is 1. The Kier molecular flexibility index (Phi) is 6.16. The average molecular weight is 333 g/mol. The molecule has 0 aliphatic heterocycles. The van der Waals surface area contributed by atoms with E-state index in [1.807, 2.05) is 31.2 Å². The zero-order chi connectivity index (χ0) is 16.7. The van der Waals surface area contributed by atoms with Crippen molar-refractivity contribution in [1.29, 1.82) is 0 Å². The first-order valence-corrected chi connectivity index (χ1v) is 8.20. The van der Waals surface area contributed by atoms with Crippen molar-refractivity contribution < 1.29 is 9.59 Å². The number of hydrogen-bond donors (Lipinski definition) is 2. The van der Waals surface area contributed by atoms with Crippen molar-refractivity contribution in [3.63, 3.8) is 0 Å². The first-order valence-electron chi connectivity index (χ1n) is 7.21. The second-order valence-electron chi connectivity index (χ2n) is 4.85. The summed E-state index contributed by atoms with van der Waals surface area (Å²) in [6.07, 6.45) is 2.40. The lowest BCUT2D eigenvalue weighted by molar-refractivity contribution is -0.122. The second kappa shape index (κ2) is 8.33. The van der Waals surface area contributed by atoms with Crippen LogP contribution >= 0.6 is 11.8 Å². The largest absolute Gasteiger partial charge is 0.346 e. The van der Waals surface area contributed by atoms with E-state index in [2.05, 4.69) is 20.8 Å². The number of nitrogens with zero attached hydrogens (tertiary/aromatic N) is 3. The van der Waals surface area contributed by atoms with Crippen LogP contribution < -0.4 is 10.6 Å². The van der Waals surface area contributed by atoms with Gasteiger partial charge in [0, 0.05) is 12.7 Å². The Morgan fingerprint density at radius 3 is 2.74 bits per heavy atom. The lowest BCUT2D eigenvalue weighted by atomic mass is 10.1. The summed E-state index contributed by atoms with van der Waals surface area (Å²) in [4.78, 5) is 23.7. The Bertz CT molecular complexity index is 686. The summed E-state index contributed by atoms with van der Waals surface area (Å²) >= 11 is 1.27. The fourth-order valence-electron chi connectivity index (χ4n) is 1.91. The highest BCUT2D eigenvalue weighted by Crippen LogP contribution is 2.15. The summed E-state index contributed by atoms with van der Waals surface area (Å²) in [6.45, 7) is 1.97. The fraction of sp³-hybridized carbons (Fsp3) is 0.333. The van der Waals surface area contributed by atoms with Crippen molar-refractivity contribution in [2.45, 2.75) is 18.5 Å². The van der Waals surface area contributed by atoms with Crippen LogP contribution in [-0.4, -0.2) is 38.9 Å². The lowest BCUT2D eigenvalue weighted by Gasteiger charge is -2.10. The zero-order valence-corrected chi connectivity index (χ0v) is 13.9. The van der Waals surface area contributed by atoms with E-state index in [-0.39, 0.29) is 24.1 Å². The molecule has 0 saturated heterocycles. The number of hydrogen-bond acceptors (Lipinski definition) is 5. The van der Waals surface area contributed by atoms with E-state index in [4.69, 9.17) is 0 Å². The van der Waals surface area contributed by atoms with E-state index in [0.29, 0.717) is 5.16 Å². The predicted molar refractivity (Wildman–Crippen MR) is 89.2 cm³/mol. The van der Waals surface area contributed by atoms with Gasteiger partial charge in [-0.05, 0) is 18.1 Å². The van der Waals surface area contributed by atoms with Crippen LogP contribution in [0, 0.1) is 0 Å². The van der Waals surface area contributed by atoms with E-state index < -0.39 is 0 Å². The SMILES string of the molecule is CCc1ccccc1NC(=O)CNC(=O)CSc1nncn1C. The maximum absolute atomic E-state index is 11.9. The Morgan fingerprint density at radius 2 is 2.04 bits per heavy atom. The van der Waals surface area contributed by atoms with Gasteiger partial charge in [0.05, 0.1) is 12.3 Å². The molecule has 7 nitrogen and oxygen atoms in total. The Balaban J connectivity index is 1.75. The first-order chi connectivity index (χ1) is 11.1. The van der Waals surface area contributed by atoms with Gasteiger partial charge in [-0.15, -0.1) is 10.2 Å². The third-order valence-electron chi connectivity index (χ3n) is 3.12. The van der Waals surface area contributed by atoms with E-state index in [1.165, 1.54) is 11.8 Å². The van der Waals surface area contributed by atoms with Crippen LogP contribution in [0.2, 0.25) is 0 Å². The van der Waals surface area contributed by atoms with E-state index >= 15 is 0 Å². The standard InChI is InChI=1S/C15H19N5O2S/c1-3-11-6-4-5-7-12(11)18-13(21)8-16-14(22)9-23-15-19-17-10-20(15)2/h4-7,10H,3,8-9H2,1-2H3,(H,16,22)(H,18,21). The van der Waals surface area contributed by atoms with E-state index in [0.717, 1.165) is 17.7 Å². The van der Waals surface area contributed by atoms with Crippen LogP contribution in [0.4, 0.5) is 5.69 Å². The molecular formula is C15H19N5O2S. The van der Waals surface area contributed by atoms with Gasteiger partial charge in [-0.2, -0.15) is 0 Å². The van der Waals surface area contributed by atoms with Gasteiger partial charge in [-0.1, -0.05) is 36.9 Å². The van der Waals surface area contributed by atoms with Gasteiger partial charge in [0.15, 0.2) is 5.16 Å². The molecule has 0 saturated carbocycles. The number of carbonyl (C=O) groups excluding carboxylic acids is 2. The number of para-hydroxylation sites is 1. The molecule has 0 unspecified atom stereocenters. The van der Waals surface area contributed by atoms with Crippen molar-refractivity contribution in [3.05, 3.63) is 36.2 Å². The molecule has 0 bridgehead atoms. The van der Waals surface area contributed by atoms with Gasteiger partial charge >= 0.3 is 0 Å². The van der Waals surface area contributed by atoms with Crippen LogP contribution in [-0.2, 0) is 23.1 Å². The normalized spacial score (nSPS) is 10.3. The number of nitrogens with one attached hydrogen (secondary N) is 2. The van der Waals surface area contributed by atoms with E-state index in [1.54, 1.807) is 17.9 Å². The van der Waals surface area contributed by atoms with Crippen LogP contribution in [0.25, 0.3) is 0 Å². The van der Waals surface area contributed by atoms with Gasteiger partial charge in [-0.3, -0.25) is 9.59 Å². The summed E-state index contributed by atoms with van der Waals surface area (Å²) in [5.74, 6) is -0.287. The maximum Gasteiger partial charge on any atom is 0.243 e.